The van der Waals surface area contributed by atoms with E-state index in [0.717, 1.165) is 17.8 Å². The third-order valence-corrected chi connectivity index (χ3v) is 3.97. The highest BCUT2D eigenvalue weighted by atomic mass is 19.1. The maximum atomic E-state index is 13.9. The van der Waals surface area contributed by atoms with Crippen LogP contribution in [0.5, 0.6) is 0 Å². The van der Waals surface area contributed by atoms with Crippen LogP contribution in [-0.4, -0.2) is 34.5 Å². The summed E-state index contributed by atoms with van der Waals surface area (Å²) in [7, 11) is 0. The van der Waals surface area contributed by atoms with Gasteiger partial charge >= 0.3 is 5.69 Å². The Hall–Kier alpha value is -3.89. The molecule has 1 aromatic carbocycles. The smallest absolute Gasteiger partial charge is 0.304 e. The zero-order valence-electron chi connectivity index (χ0n) is 14.1. The third kappa shape index (κ3) is 2.94. The fraction of sp³-hybridized carbons (Fsp3) is 0.125. The van der Waals surface area contributed by atoms with Crippen LogP contribution in [0.2, 0.25) is 0 Å². The minimum atomic E-state index is -0.907. The van der Waals surface area contributed by atoms with Crippen LogP contribution >= 0.6 is 0 Å². The molecular weight excluding hydrogens is 355 g/mol. The van der Waals surface area contributed by atoms with Crippen LogP contribution in [0.3, 0.4) is 0 Å². The average Bonchev–Trinajstić information content (AvgIpc) is 3.21. The molecule has 0 saturated carbocycles. The average molecular weight is 368 g/mol. The van der Waals surface area contributed by atoms with Crippen LogP contribution < -0.4 is 5.73 Å². The summed E-state index contributed by atoms with van der Waals surface area (Å²) < 4.78 is 17.0. The van der Waals surface area contributed by atoms with Crippen molar-refractivity contribution in [3.8, 4) is 5.82 Å². The first-order chi connectivity index (χ1) is 12.9. The molecule has 3 aromatic heterocycles. The molecular formula is C16H13FN8O2. The maximum absolute atomic E-state index is 13.9. The highest BCUT2D eigenvalue weighted by molar-refractivity contribution is 5.83. The van der Waals surface area contributed by atoms with Crippen molar-refractivity contribution < 1.29 is 9.31 Å². The summed E-state index contributed by atoms with van der Waals surface area (Å²) in [6.07, 6.45) is 3.32. The van der Waals surface area contributed by atoms with Gasteiger partial charge in [0.2, 0.25) is 11.8 Å². The van der Waals surface area contributed by atoms with E-state index in [4.69, 9.17) is 5.73 Å². The van der Waals surface area contributed by atoms with Crippen molar-refractivity contribution in [2.24, 2.45) is 0 Å². The van der Waals surface area contributed by atoms with Gasteiger partial charge in [0.15, 0.2) is 11.5 Å². The number of aryl methyl sites for hydroxylation is 1. The van der Waals surface area contributed by atoms with Crippen LogP contribution in [0.15, 0.2) is 36.7 Å². The molecule has 4 rings (SSSR count). The molecule has 0 amide bonds. The van der Waals surface area contributed by atoms with Crippen molar-refractivity contribution in [3.63, 3.8) is 0 Å². The molecule has 136 valence electrons. The van der Waals surface area contributed by atoms with Gasteiger partial charge in [0.05, 0.1) is 28.7 Å². The summed E-state index contributed by atoms with van der Waals surface area (Å²) in [4.78, 5) is 18.4. The Morgan fingerprint density at radius 3 is 2.78 bits per heavy atom. The number of nitrogens with two attached hydrogens (primary N) is 1. The van der Waals surface area contributed by atoms with Crippen LogP contribution in [-0.2, 0) is 6.54 Å². The van der Waals surface area contributed by atoms with Gasteiger partial charge in [0.1, 0.15) is 0 Å². The Balaban J connectivity index is 1.77. The summed E-state index contributed by atoms with van der Waals surface area (Å²) in [5.74, 6) is -0.384. The molecule has 27 heavy (non-hydrogen) atoms. The minimum absolute atomic E-state index is 0.0438. The van der Waals surface area contributed by atoms with Gasteiger partial charge in [0, 0.05) is 12.3 Å². The molecule has 0 aliphatic rings. The molecule has 10 nitrogen and oxygen atoms in total. The van der Waals surface area contributed by atoms with Gasteiger partial charge in [-0.1, -0.05) is 6.07 Å². The Morgan fingerprint density at radius 2 is 2.11 bits per heavy atom. The summed E-state index contributed by atoms with van der Waals surface area (Å²) in [6.45, 7) is 2.01. The van der Waals surface area contributed by atoms with Crippen molar-refractivity contribution in [2.75, 3.05) is 5.73 Å². The standard InChI is InChI=1S/C16H13FN8O2/c1-9-4-5-23(22-9)14-11-7-19-24(15(11)21-16(18)20-14)8-10-2-3-13(25(26)27)12(17)6-10/h2-7H,8H2,1H3,(H2,18,20,21). The van der Waals surface area contributed by atoms with Crippen LogP contribution in [0.1, 0.15) is 11.3 Å². The van der Waals surface area contributed by atoms with Crippen LogP contribution in [0, 0.1) is 22.9 Å². The van der Waals surface area contributed by atoms with Gasteiger partial charge in [-0.2, -0.15) is 24.6 Å². The fourth-order valence-corrected chi connectivity index (χ4v) is 2.75. The zero-order chi connectivity index (χ0) is 19.1. The lowest BCUT2D eigenvalue weighted by Crippen LogP contribution is -2.08. The third-order valence-electron chi connectivity index (χ3n) is 3.97. The number of nitro benzene ring substituents is 1. The second-order valence-electron chi connectivity index (χ2n) is 5.89. The Kier molecular flexibility index (Phi) is 3.76. The lowest BCUT2D eigenvalue weighted by molar-refractivity contribution is -0.387. The van der Waals surface area contributed by atoms with Crippen molar-refractivity contribution in [1.82, 2.24) is 29.5 Å². The van der Waals surface area contributed by atoms with Gasteiger partial charge in [-0.05, 0) is 24.6 Å². The van der Waals surface area contributed by atoms with Gasteiger partial charge in [-0.15, -0.1) is 0 Å². The Labute approximate surface area is 151 Å². The summed E-state index contributed by atoms with van der Waals surface area (Å²) in [6, 6.07) is 5.52. The molecule has 0 aliphatic heterocycles. The van der Waals surface area contributed by atoms with Gasteiger partial charge in [-0.25, -0.2) is 9.36 Å². The Morgan fingerprint density at radius 1 is 1.30 bits per heavy atom. The van der Waals surface area contributed by atoms with E-state index in [1.165, 1.54) is 10.7 Å². The molecule has 0 bridgehead atoms. The molecule has 0 aliphatic carbocycles. The molecule has 11 heteroatoms. The van der Waals surface area contributed by atoms with Crippen LogP contribution in [0.4, 0.5) is 16.0 Å². The lowest BCUT2D eigenvalue weighted by atomic mass is 10.2. The van der Waals surface area contributed by atoms with Gasteiger partial charge in [0.25, 0.3) is 0 Å². The molecule has 0 fully saturated rings. The predicted octanol–water partition coefficient (Wildman–Crippen LogP) is 2.00. The second kappa shape index (κ2) is 6.12. The number of hydrogen-bond acceptors (Lipinski definition) is 7. The number of rotatable bonds is 4. The largest absolute Gasteiger partial charge is 0.368 e. The SMILES string of the molecule is Cc1ccn(-c2nc(N)nc3c2cnn3Cc2ccc([N+](=O)[O-])c(F)c2)n1. The first kappa shape index (κ1) is 16.6. The van der Waals surface area contributed by atoms with Crippen molar-refractivity contribution in [1.29, 1.82) is 0 Å². The van der Waals surface area contributed by atoms with Crippen molar-refractivity contribution in [2.45, 2.75) is 13.5 Å². The quantitative estimate of drug-likeness (QED) is 0.430. The number of aromatic nitrogens is 6. The summed E-state index contributed by atoms with van der Waals surface area (Å²) >= 11 is 0. The number of nitrogens with zero attached hydrogens (tertiary/aromatic N) is 7. The number of halogens is 1. The molecule has 2 N–H and O–H groups in total. The van der Waals surface area contributed by atoms with E-state index in [1.54, 1.807) is 17.1 Å². The zero-order valence-corrected chi connectivity index (χ0v) is 14.1. The normalized spacial score (nSPS) is 11.2. The van der Waals surface area contributed by atoms with E-state index in [1.807, 2.05) is 13.0 Å². The number of benzene rings is 1. The van der Waals surface area contributed by atoms with Gasteiger partial charge in [-0.3, -0.25) is 10.1 Å². The molecule has 0 saturated heterocycles. The summed E-state index contributed by atoms with van der Waals surface area (Å²) in [5.41, 5.74) is 7.01. The fourth-order valence-electron chi connectivity index (χ4n) is 2.75. The predicted molar refractivity (Wildman–Crippen MR) is 93.8 cm³/mol. The first-order valence-corrected chi connectivity index (χ1v) is 7.87. The molecule has 0 atom stereocenters. The van der Waals surface area contributed by atoms with Crippen LogP contribution in [0.25, 0.3) is 16.9 Å². The van der Waals surface area contributed by atoms with E-state index < -0.39 is 16.4 Å². The van der Waals surface area contributed by atoms with Crippen molar-refractivity contribution >= 4 is 22.7 Å². The van der Waals surface area contributed by atoms with E-state index in [9.17, 15) is 14.5 Å². The van der Waals surface area contributed by atoms with E-state index in [-0.39, 0.29) is 12.5 Å². The molecule has 0 unspecified atom stereocenters. The summed E-state index contributed by atoms with van der Waals surface area (Å²) in [5, 5.41) is 20.0. The number of fused-ring (bicyclic) bond motifs is 1. The van der Waals surface area contributed by atoms with Gasteiger partial charge < -0.3 is 5.73 Å². The number of nitro groups is 1. The topological polar surface area (TPSA) is 131 Å². The number of hydrogen-bond donors (Lipinski definition) is 1. The van der Waals surface area contributed by atoms with E-state index in [2.05, 4.69) is 20.2 Å². The van der Waals surface area contributed by atoms with E-state index in [0.29, 0.717) is 22.4 Å². The Bertz CT molecular complexity index is 1180. The van der Waals surface area contributed by atoms with E-state index >= 15 is 0 Å². The number of anilines is 1. The highest BCUT2D eigenvalue weighted by Gasteiger charge is 2.17. The monoisotopic (exact) mass is 368 g/mol. The molecule has 0 spiro atoms. The van der Waals surface area contributed by atoms with Crippen molar-refractivity contribution in [3.05, 3.63) is 63.8 Å². The number of nitrogen functional groups attached to an aromatic ring is 1. The lowest BCUT2D eigenvalue weighted by Gasteiger charge is -2.06. The molecule has 3 heterocycles. The molecule has 4 aromatic rings. The highest BCUT2D eigenvalue weighted by Crippen LogP contribution is 2.22. The minimum Gasteiger partial charge on any atom is -0.368 e. The first-order valence-electron chi connectivity index (χ1n) is 7.87. The molecule has 0 radical (unpaired) electrons. The maximum Gasteiger partial charge on any atom is 0.304 e. The second-order valence-corrected chi connectivity index (χ2v) is 5.89.